The Hall–Kier alpha value is -2.32. The van der Waals surface area contributed by atoms with Crippen LogP contribution >= 0.6 is 11.3 Å². The smallest absolute Gasteiger partial charge is 0.257 e. The van der Waals surface area contributed by atoms with Gasteiger partial charge in [0.1, 0.15) is 5.01 Å². The number of anilines is 1. The van der Waals surface area contributed by atoms with Gasteiger partial charge in [-0.1, -0.05) is 11.3 Å². The SMILES string of the molecule is CC(C)(N)c1nnc(NC(=O)c2ccc3nc[nH]c3c2)s1. The van der Waals surface area contributed by atoms with Crippen LogP contribution in [0.15, 0.2) is 24.5 Å². The van der Waals surface area contributed by atoms with E-state index < -0.39 is 5.54 Å². The molecule has 0 saturated heterocycles. The maximum Gasteiger partial charge on any atom is 0.257 e. The number of amides is 1. The van der Waals surface area contributed by atoms with Crippen LogP contribution < -0.4 is 11.1 Å². The molecule has 2 aromatic heterocycles. The van der Waals surface area contributed by atoms with E-state index in [4.69, 9.17) is 5.73 Å². The molecule has 0 bridgehead atoms. The van der Waals surface area contributed by atoms with Gasteiger partial charge in [0.2, 0.25) is 5.13 Å². The van der Waals surface area contributed by atoms with Gasteiger partial charge in [-0.15, -0.1) is 10.2 Å². The Morgan fingerprint density at radius 3 is 2.90 bits per heavy atom. The topological polar surface area (TPSA) is 110 Å². The van der Waals surface area contributed by atoms with Crippen LogP contribution in [-0.4, -0.2) is 26.1 Å². The molecule has 8 heteroatoms. The van der Waals surface area contributed by atoms with Crippen LogP contribution in [0.5, 0.6) is 0 Å². The van der Waals surface area contributed by atoms with Gasteiger partial charge in [-0.25, -0.2) is 4.98 Å². The summed E-state index contributed by atoms with van der Waals surface area (Å²) in [6.45, 7) is 3.68. The van der Waals surface area contributed by atoms with Crippen molar-refractivity contribution in [2.45, 2.75) is 19.4 Å². The van der Waals surface area contributed by atoms with Crippen molar-refractivity contribution in [1.29, 1.82) is 0 Å². The molecular weight excluding hydrogens is 288 g/mol. The highest BCUT2D eigenvalue weighted by Crippen LogP contribution is 2.24. The Morgan fingerprint density at radius 1 is 1.38 bits per heavy atom. The standard InChI is InChI=1S/C13H14N6OS/c1-13(2,14)11-18-19-12(21-11)17-10(20)7-3-4-8-9(5-7)16-6-15-8/h3-6H,14H2,1-2H3,(H,15,16)(H,17,19,20). The lowest BCUT2D eigenvalue weighted by molar-refractivity contribution is 0.102. The molecule has 7 nitrogen and oxygen atoms in total. The van der Waals surface area contributed by atoms with Crippen molar-refractivity contribution in [2.24, 2.45) is 5.73 Å². The van der Waals surface area contributed by atoms with E-state index in [2.05, 4.69) is 25.5 Å². The molecule has 0 spiro atoms. The number of aromatic amines is 1. The van der Waals surface area contributed by atoms with Crippen LogP contribution in [0, 0.1) is 0 Å². The van der Waals surface area contributed by atoms with E-state index in [1.807, 2.05) is 13.8 Å². The predicted octanol–water partition coefficient (Wildman–Crippen LogP) is 1.86. The highest BCUT2D eigenvalue weighted by molar-refractivity contribution is 7.15. The van der Waals surface area contributed by atoms with Gasteiger partial charge in [0.05, 0.1) is 22.9 Å². The van der Waals surface area contributed by atoms with E-state index in [0.717, 1.165) is 11.0 Å². The Morgan fingerprint density at radius 2 is 2.19 bits per heavy atom. The van der Waals surface area contributed by atoms with Crippen LogP contribution in [0.4, 0.5) is 5.13 Å². The molecule has 0 radical (unpaired) electrons. The van der Waals surface area contributed by atoms with Gasteiger partial charge in [0, 0.05) is 5.56 Å². The predicted molar refractivity (Wildman–Crippen MR) is 81.2 cm³/mol. The highest BCUT2D eigenvalue weighted by atomic mass is 32.1. The number of nitrogens with two attached hydrogens (primary N) is 1. The fourth-order valence-electron chi connectivity index (χ4n) is 1.78. The third kappa shape index (κ3) is 2.76. The number of carbonyl (C=O) groups excluding carboxylic acids is 1. The zero-order valence-corrected chi connectivity index (χ0v) is 12.4. The summed E-state index contributed by atoms with van der Waals surface area (Å²) in [6, 6.07) is 5.25. The Bertz CT molecular complexity index is 800. The van der Waals surface area contributed by atoms with Crippen LogP contribution in [0.2, 0.25) is 0 Å². The van der Waals surface area contributed by atoms with Crippen molar-refractivity contribution in [1.82, 2.24) is 20.2 Å². The van der Waals surface area contributed by atoms with E-state index in [1.165, 1.54) is 11.3 Å². The zero-order chi connectivity index (χ0) is 15.0. The van der Waals surface area contributed by atoms with E-state index in [0.29, 0.717) is 15.7 Å². The molecular formula is C13H14N6OS. The first-order valence-electron chi connectivity index (χ1n) is 6.31. The number of nitrogens with zero attached hydrogens (tertiary/aromatic N) is 3. The van der Waals surface area contributed by atoms with E-state index in [1.54, 1.807) is 24.5 Å². The number of carbonyl (C=O) groups is 1. The number of rotatable bonds is 3. The molecule has 3 rings (SSSR count). The molecule has 0 aliphatic heterocycles. The summed E-state index contributed by atoms with van der Waals surface area (Å²) >= 11 is 1.27. The van der Waals surface area contributed by atoms with Gasteiger partial charge in [0.15, 0.2) is 0 Å². The largest absolute Gasteiger partial charge is 0.345 e. The summed E-state index contributed by atoms with van der Waals surface area (Å²) in [6.07, 6.45) is 1.59. The van der Waals surface area contributed by atoms with Crippen LogP contribution in [0.25, 0.3) is 11.0 Å². The number of fused-ring (bicyclic) bond motifs is 1. The summed E-state index contributed by atoms with van der Waals surface area (Å²) in [7, 11) is 0. The molecule has 0 fully saturated rings. The highest BCUT2D eigenvalue weighted by Gasteiger charge is 2.20. The average Bonchev–Trinajstić information content (AvgIpc) is 3.04. The third-order valence-corrected chi connectivity index (χ3v) is 4.06. The second kappa shape index (κ2) is 4.90. The first kappa shape index (κ1) is 13.7. The van der Waals surface area contributed by atoms with Gasteiger partial charge >= 0.3 is 0 Å². The second-order valence-corrected chi connectivity index (χ2v) is 6.20. The zero-order valence-electron chi connectivity index (χ0n) is 11.5. The van der Waals surface area contributed by atoms with Gasteiger partial charge < -0.3 is 10.7 Å². The number of imidazole rings is 1. The van der Waals surface area contributed by atoms with Crippen LogP contribution in [0.3, 0.4) is 0 Å². The monoisotopic (exact) mass is 302 g/mol. The molecule has 0 atom stereocenters. The Kier molecular flexibility index (Phi) is 3.19. The molecule has 3 aromatic rings. The van der Waals surface area contributed by atoms with Crippen LogP contribution in [-0.2, 0) is 5.54 Å². The van der Waals surface area contributed by atoms with Crippen molar-refractivity contribution in [3.63, 3.8) is 0 Å². The van der Waals surface area contributed by atoms with Gasteiger partial charge in [-0.2, -0.15) is 0 Å². The van der Waals surface area contributed by atoms with E-state index in [-0.39, 0.29) is 5.91 Å². The summed E-state index contributed by atoms with van der Waals surface area (Å²) < 4.78 is 0. The minimum Gasteiger partial charge on any atom is -0.345 e. The fourth-order valence-corrected chi connectivity index (χ4v) is 2.53. The summed E-state index contributed by atoms with van der Waals surface area (Å²) in [5.41, 5.74) is 7.52. The van der Waals surface area contributed by atoms with Gasteiger partial charge in [0.25, 0.3) is 5.91 Å². The Balaban J connectivity index is 1.81. The van der Waals surface area contributed by atoms with E-state index >= 15 is 0 Å². The molecule has 1 amide bonds. The van der Waals surface area contributed by atoms with Crippen molar-refractivity contribution in [3.05, 3.63) is 35.1 Å². The maximum atomic E-state index is 12.2. The number of nitrogens with one attached hydrogen (secondary N) is 2. The number of benzene rings is 1. The number of hydrogen-bond donors (Lipinski definition) is 3. The average molecular weight is 302 g/mol. The lowest BCUT2D eigenvalue weighted by atomic mass is 10.1. The maximum absolute atomic E-state index is 12.2. The van der Waals surface area contributed by atoms with Gasteiger partial charge in [-0.3, -0.25) is 10.1 Å². The Labute approximate surface area is 124 Å². The summed E-state index contributed by atoms with van der Waals surface area (Å²) in [5, 5.41) is 11.7. The van der Waals surface area contributed by atoms with Gasteiger partial charge in [-0.05, 0) is 32.0 Å². The number of aromatic nitrogens is 4. The first-order chi connectivity index (χ1) is 9.93. The first-order valence-corrected chi connectivity index (χ1v) is 7.12. The van der Waals surface area contributed by atoms with Crippen LogP contribution in [0.1, 0.15) is 29.2 Å². The van der Waals surface area contributed by atoms with Crippen molar-refractivity contribution < 1.29 is 4.79 Å². The molecule has 0 unspecified atom stereocenters. The van der Waals surface area contributed by atoms with E-state index in [9.17, 15) is 4.79 Å². The second-order valence-electron chi connectivity index (χ2n) is 5.22. The number of H-pyrrole nitrogens is 1. The third-order valence-electron chi connectivity index (χ3n) is 2.88. The van der Waals surface area contributed by atoms with Crippen molar-refractivity contribution >= 4 is 33.4 Å². The molecule has 0 saturated carbocycles. The van der Waals surface area contributed by atoms with Crippen molar-refractivity contribution in [2.75, 3.05) is 5.32 Å². The molecule has 0 aliphatic carbocycles. The van der Waals surface area contributed by atoms with Crippen molar-refractivity contribution in [3.8, 4) is 0 Å². The minimum absolute atomic E-state index is 0.246. The normalized spacial score (nSPS) is 11.8. The summed E-state index contributed by atoms with van der Waals surface area (Å²) in [4.78, 5) is 19.3. The fraction of sp³-hybridized carbons (Fsp3) is 0.231. The summed E-state index contributed by atoms with van der Waals surface area (Å²) in [5.74, 6) is -0.246. The molecule has 4 N–H and O–H groups in total. The molecule has 1 aromatic carbocycles. The molecule has 21 heavy (non-hydrogen) atoms. The minimum atomic E-state index is -0.574. The molecule has 108 valence electrons. The lowest BCUT2D eigenvalue weighted by Crippen LogP contribution is -2.28. The lowest BCUT2D eigenvalue weighted by Gasteiger charge is -2.12. The quantitative estimate of drug-likeness (QED) is 0.684. The number of hydrogen-bond acceptors (Lipinski definition) is 6. The molecule has 2 heterocycles. The molecule has 0 aliphatic rings.